The Morgan fingerprint density at radius 2 is 1.89 bits per heavy atom. The van der Waals surface area contributed by atoms with Crippen LogP contribution in [-0.2, 0) is 20.9 Å². The lowest BCUT2D eigenvalue weighted by molar-refractivity contribution is -0.118. The van der Waals surface area contributed by atoms with Gasteiger partial charge in [0.15, 0.2) is 0 Å². The van der Waals surface area contributed by atoms with E-state index in [0.717, 1.165) is 5.56 Å². The number of carbonyl (C=O) groups excluding carboxylic acids is 2. The minimum atomic E-state index is -0.469. The maximum Gasteiger partial charge on any atom is 0.339 e. The van der Waals surface area contributed by atoms with Gasteiger partial charge in [-0.25, -0.2) is 4.79 Å². The third kappa shape index (κ3) is 7.07. The molecular formula is C19H19Cl2NO4S. The zero-order chi connectivity index (χ0) is 19.6. The summed E-state index contributed by atoms with van der Waals surface area (Å²) in [6.45, 7) is 0.976. The van der Waals surface area contributed by atoms with Gasteiger partial charge in [0.25, 0.3) is 0 Å². The van der Waals surface area contributed by atoms with Crippen molar-refractivity contribution in [3.8, 4) is 0 Å². The van der Waals surface area contributed by atoms with Gasteiger partial charge in [-0.3, -0.25) is 4.79 Å². The Hall–Kier alpha value is -1.73. The summed E-state index contributed by atoms with van der Waals surface area (Å²) >= 11 is 13.1. The molecule has 0 bridgehead atoms. The summed E-state index contributed by atoms with van der Waals surface area (Å²) < 4.78 is 10.2. The van der Waals surface area contributed by atoms with Crippen molar-refractivity contribution < 1.29 is 19.1 Å². The van der Waals surface area contributed by atoms with Crippen LogP contribution in [0.3, 0.4) is 0 Å². The Balaban J connectivity index is 1.94. The second kappa shape index (κ2) is 11.2. The zero-order valence-electron chi connectivity index (χ0n) is 14.7. The molecule has 2 rings (SSSR count). The lowest BCUT2D eigenvalue weighted by Crippen LogP contribution is -2.28. The predicted molar refractivity (Wildman–Crippen MR) is 108 cm³/mol. The molecule has 0 radical (unpaired) electrons. The van der Waals surface area contributed by atoms with Crippen molar-refractivity contribution in [2.45, 2.75) is 11.5 Å². The quantitative estimate of drug-likeness (QED) is 0.368. The number of hydrogen-bond donors (Lipinski definition) is 1. The molecule has 144 valence electrons. The first-order valence-electron chi connectivity index (χ1n) is 8.09. The summed E-state index contributed by atoms with van der Waals surface area (Å²) in [6.07, 6.45) is 0. The Bertz CT molecular complexity index is 801. The highest BCUT2D eigenvalue weighted by atomic mass is 35.5. The average molecular weight is 428 g/mol. The van der Waals surface area contributed by atoms with E-state index in [1.54, 1.807) is 49.6 Å². The first-order chi connectivity index (χ1) is 13.0. The van der Waals surface area contributed by atoms with Gasteiger partial charge in [0.1, 0.15) is 6.61 Å². The van der Waals surface area contributed by atoms with Crippen LogP contribution in [0.25, 0.3) is 0 Å². The molecule has 1 N–H and O–H groups in total. The van der Waals surface area contributed by atoms with E-state index in [4.69, 9.17) is 32.7 Å². The molecule has 5 nitrogen and oxygen atoms in total. The topological polar surface area (TPSA) is 64.6 Å². The van der Waals surface area contributed by atoms with E-state index >= 15 is 0 Å². The molecule has 0 unspecified atom stereocenters. The number of methoxy groups -OCH3 is 1. The average Bonchev–Trinajstić information content (AvgIpc) is 2.67. The van der Waals surface area contributed by atoms with Crippen molar-refractivity contribution in [1.29, 1.82) is 0 Å². The van der Waals surface area contributed by atoms with Crippen molar-refractivity contribution in [3.63, 3.8) is 0 Å². The molecule has 0 aliphatic carbocycles. The second-order valence-electron chi connectivity index (χ2n) is 5.45. The van der Waals surface area contributed by atoms with Gasteiger partial charge >= 0.3 is 5.97 Å². The maximum atomic E-state index is 12.4. The number of thioether (sulfide) groups is 1. The van der Waals surface area contributed by atoms with Crippen molar-refractivity contribution in [2.24, 2.45) is 0 Å². The number of carbonyl (C=O) groups is 2. The van der Waals surface area contributed by atoms with Gasteiger partial charge in [0, 0.05) is 18.6 Å². The summed E-state index contributed by atoms with van der Waals surface area (Å²) in [5, 5.41) is 3.58. The first kappa shape index (κ1) is 21.6. The fourth-order valence-corrected chi connectivity index (χ4v) is 3.30. The lowest BCUT2D eigenvalue weighted by Gasteiger charge is -2.10. The highest BCUT2D eigenvalue weighted by Gasteiger charge is 2.14. The molecular weight excluding hydrogens is 409 g/mol. The fraction of sp³-hybridized carbons (Fsp3) is 0.263. The van der Waals surface area contributed by atoms with E-state index < -0.39 is 5.97 Å². The van der Waals surface area contributed by atoms with Crippen molar-refractivity contribution in [2.75, 3.05) is 26.0 Å². The summed E-state index contributed by atoms with van der Waals surface area (Å²) in [6, 6.07) is 12.1. The molecule has 2 aromatic carbocycles. The molecule has 0 saturated heterocycles. The van der Waals surface area contributed by atoms with E-state index in [0.29, 0.717) is 33.7 Å². The molecule has 0 aliphatic heterocycles. The van der Waals surface area contributed by atoms with Crippen LogP contribution >= 0.6 is 35.0 Å². The molecule has 0 atom stereocenters. The number of halogens is 2. The molecule has 0 aliphatic rings. The van der Waals surface area contributed by atoms with Crippen LogP contribution in [0.4, 0.5) is 0 Å². The summed E-state index contributed by atoms with van der Waals surface area (Å²) in [5.74, 6) is -0.402. The number of esters is 1. The number of rotatable bonds is 9. The normalized spacial score (nSPS) is 10.5. The first-order valence-corrected chi connectivity index (χ1v) is 9.84. The standard InChI is InChI=1S/C19H19Cl2NO4S/c1-25-9-8-22-18(23)12-27-17-5-3-2-4-14(17)19(24)26-11-13-6-7-15(20)16(21)10-13/h2-7,10H,8-9,11-12H2,1H3,(H,22,23). The number of benzene rings is 2. The van der Waals surface area contributed by atoms with E-state index in [9.17, 15) is 9.59 Å². The SMILES string of the molecule is COCCNC(=O)CSc1ccccc1C(=O)OCc1ccc(Cl)c(Cl)c1. The molecule has 2 aromatic rings. The van der Waals surface area contributed by atoms with Crippen LogP contribution in [0.2, 0.25) is 10.0 Å². The van der Waals surface area contributed by atoms with Crippen LogP contribution in [0, 0.1) is 0 Å². The number of nitrogens with one attached hydrogen (secondary N) is 1. The van der Waals surface area contributed by atoms with E-state index in [2.05, 4.69) is 5.32 Å². The molecule has 0 aromatic heterocycles. The van der Waals surface area contributed by atoms with Gasteiger partial charge in [0.2, 0.25) is 5.91 Å². The molecule has 0 saturated carbocycles. The largest absolute Gasteiger partial charge is 0.457 e. The van der Waals surface area contributed by atoms with Crippen LogP contribution in [-0.4, -0.2) is 37.9 Å². The Labute approximate surface area is 172 Å². The summed E-state index contributed by atoms with van der Waals surface area (Å²) in [4.78, 5) is 24.9. The van der Waals surface area contributed by atoms with Crippen LogP contribution < -0.4 is 5.32 Å². The Morgan fingerprint density at radius 1 is 1.11 bits per heavy atom. The molecule has 27 heavy (non-hydrogen) atoms. The van der Waals surface area contributed by atoms with Crippen molar-refractivity contribution >= 4 is 46.8 Å². The highest BCUT2D eigenvalue weighted by Crippen LogP contribution is 2.25. The molecule has 0 fully saturated rings. The third-order valence-electron chi connectivity index (χ3n) is 3.45. The third-order valence-corrected chi connectivity index (χ3v) is 5.26. The van der Waals surface area contributed by atoms with Crippen molar-refractivity contribution in [1.82, 2.24) is 5.32 Å². The van der Waals surface area contributed by atoms with Crippen LogP contribution in [0.15, 0.2) is 47.4 Å². The summed E-state index contributed by atoms with van der Waals surface area (Å²) in [7, 11) is 1.57. The van der Waals surface area contributed by atoms with E-state index in [1.807, 2.05) is 0 Å². The number of ether oxygens (including phenoxy) is 2. The van der Waals surface area contributed by atoms with Crippen molar-refractivity contribution in [3.05, 3.63) is 63.6 Å². The smallest absolute Gasteiger partial charge is 0.339 e. The lowest BCUT2D eigenvalue weighted by atomic mass is 10.2. The van der Waals surface area contributed by atoms with Gasteiger partial charge in [-0.15, -0.1) is 11.8 Å². The minimum absolute atomic E-state index is 0.0756. The second-order valence-corrected chi connectivity index (χ2v) is 7.28. The van der Waals surface area contributed by atoms with Crippen LogP contribution in [0.5, 0.6) is 0 Å². The van der Waals surface area contributed by atoms with Gasteiger partial charge in [-0.05, 0) is 29.8 Å². The molecule has 0 spiro atoms. The Kier molecular flexibility index (Phi) is 8.94. The molecule has 1 amide bonds. The van der Waals surface area contributed by atoms with E-state index in [1.165, 1.54) is 11.8 Å². The zero-order valence-corrected chi connectivity index (χ0v) is 17.0. The maximum absolute atomic E-state index is 12.4. The molecule has 8 heteroatoms. The minimum Gasteiger partial charge on any atom is -0.457 e. The van der Waals surface area contributed by atoms with E-state index in [-0.39, 0.29) is 18.3 Å². The van der Waals surface area contributed by atoms with Gasteiger partial charge in [-0.2, -0.15) is 0 Å². The number of hydrogen-bond acceptors (Lipinski definition) is 5. The molecule has 0 heterocycles. The Morgan fingerprint density at radius 3 is 2.63 bits per heavy atom. The highest BCUT2D eigenvalue weighted by molar-refractivity contribution is 8.00. The fourth-order valence-electron chi connectivity index (χ4n) is 2.10. The van der Waals surface area contributed by atoms with Gasteiger partial charge < -0.3 is 14.8 Å². The number of amides is 1. The van der Waals surface area contributed by atoms with Crippen LogP contribution in [0.1, 0.15) is 15.9 Å². The van der Waals surface area contributed by atoms with Gasteiger partial charge in [-0.1, -0.05) is 41.4 Å². The van der Waals surface area contributed by atoms with Gasteiger partial charge in [0.05, 0.1) is 28.0 Å². The predicted octanol–water partition coefficient (Wildman–Crippen LogP) is 4.21. The monoisotopic (exact) mass is 427 g/mol. The summed E-state index contributed by atoms with van der Waals surface area (Å²) in [5.41, 5.74) is 1.15.